The van der Waals surface area contributed by atoms with Crippen molar-refractivity contribution in [3.8, 4) is 0 Å². The number of benzene rings is 2. The molecule has 0 unspecified atom stereocenters. The summed E-state index contributed by atoms with van der Waals surface area (Å²) in [5.41, 5.74) is 2.15. The molecule has 0 bridgehead atoms. The van der Waals surface area contributed by atoms with E-state index in [2.05, 4.69) is 10.6 Å². The molecule has 0 fully saturated rings. The van der Waals surface area contributed by atoms with E-state index in [1.165, 1.54) is 17.6 Å². The molecule has 142 valence electrons. The number of carbonyl (C=O) groups is 2. The smallest absolute Gasteiger partial charge is 0.291 e. The van der Waals surface area contributed by atoms with Crippen LogP contribution in [0.1, 0.15) is 20.2 Å². The highest BCUT2D eigenvalue weighted by Gasteiger charge is 2.14. The predicted molar refractivity (Wildman–Crippen MR) is 113 cm³/mol. The van der Waals surface area contributed by atoms with E-state index in [1.54, 1.807) is 30.3 Å². The van der Waals surface area contributed by atoms with Gasteiger partial charge in [-0.3, -0.25) is 9.59 Å². The molecule has 0 saturated carbocycles. The summed E-state index contributed by atoms with van der Waals surface area (Å²) >= 11 is 1.18. The number of rotatable bonds is 4. The Bertz CT molecular complexity index is 1350. The minimum atomic E-state index is -0.362. The first-order valence-electron chi connectivity index (χ1n) is 8.85. The van der Waals surface area contributed by atoms with E-state index in [9.17, 15) is 9.59 Å². The molecule has 0 saturated heterocycles. The Morgan fingerprint density at radius 1 is 0.793 bits per heavy atom. The van der Waals surface area contributed by atoms with Crippen molar-refractivity contribution in [3.63, 3.8) is 0 Å². The second-order valence-corrected chi connectivity index (χ2v) is 7.44. The molecule has 3 heterocycles. The van der Waals surface area contributed by atoms with Crippen LogP contribution >= 0.6 is 11.3 Å². The van der Waals surface area contributed by atoms with Crippen LogP contribution in [0.4, 0.5) is 10.7 Å². The van der Waals surface area contributed by atoms with Gasteiger partial charge in [-0.25, -0.2) is 0 Å². The molecule has 2 amide bonds. The van der Waals surface area contributed by atoms with Gasteiger partial charge in [-0.2, -0.15) is 0 Å². The van der Waals surface area contributed by atoms with Gasteiger partial charge in [0, 0.05) is 22.5 Å². The van der Waals surface area contributed by atoms with Crippen LogP contribution < -0.4 is 10.6 Å². The number of nitrogens with one attached hydrogen (secondary N) is 2. The van der Waals surface area contributed by atoms with E-state index in [4.69, 9.17) is 8.83 Å². The van der Waals surface area contributed by atoms with E-state index in [-0.39, 0.29) is 17.6 Å². The number of furan rings is 2. The van der Waals surface area contributed by atoms with Crippen molar-refractivity contribution in [2.75, 3.05) is 10.6 Å². The van der Waals surface area contributed by atoms with Gasteiger partial charge in [0.1, 0.15) is 11.2 Å². The maximum atomic E-state index is 12.6. The summed E-state index contributed by atoms with van der Waals surface area (Å²) in [6.07, 6.45) is 1.43. The summed E-state index contributed by atoms with van der Waals surface area (Å²) in [6, 6.07) is 19.9. The molecular formula is C22H14N2O4S. The number of amides is 2. The Balaban J connectivity index is 1.33. The number of anilines is 2. The molecular weight excluding hydrogens is 388 g/mol. The molecule has 2 aromatic carbocycles. The second-order valence-electron chi connectivity index (χ2n) is 6.36. The van der Waals surface area contributed by atoms with E-state index in [1.807, 2.05) is 36.4 Å². The van der Waals surface area contributed by atoms with Crippen LogP contribution in [0.3, 0.4) is 0 Å². The third-order valence-corrected chi connectivity index (χ3v) is 5.45. The number of hydrogen-bond acceptors (Lipinski definition) is 5. The number of carbonyl (C=O) groups excluding carboxylic acids is 2. The van der Waals surface area contributed by atoms with Crippen LogP contribution in [0.25, 0.3) is 21.9 Å². The molecule has 0 aliphatic heterocycles. The lowest BCUT2D eigenvalue weighted by molar-refractivity contribution is 0.0995. The van der Waals surface area contributed by atoms with Gasteiger partial charge in [-0.15, -0.1) is 11.3 Å². The normalized spacial score (nSPS) is 11.0. The molecule has 0 radical (unpaired) electrons. The zero-order chi connectivity index (χ0) is 19.8. The maximum absolute atomic E-state index is 12.6. The topological polar surface area (TPSA) is 84.5 Å². The van der Waals surface area contributed by atoms with E-state index >= 15 is 0 Å². The highest BCUT2D eigenvalue weighted by molar-refractivity contribution is 7.18. The second kappa shape index (κ2) is 6.96. The molecule has 2 N–H and O–H groups in total. The molecule has 0 atom stereocenters. The number of para-hydroxylation sites is 1. The summed E-state index contributed by atoms with van der Waals surface area (Å²) in [6.45, 7) is 0. The Kier molecular flexibility index (Phi) is 4.14. The highest BCUT2D eigenvalue weighted by atomic mass is 32.1. The third kappa shape index (κ3) is 3.28. The molecule has 7 heteroatoms. The van der Waals surface area contributed by atoms with Crippen LogP contribution in [0.2, 0.25) is 0 Å². The van der Waals surface area contributed by atoms with Gasteiger partial charge >= 0.3 is 0 Å². The van der Waals surface area contributed by atoms with E-state index in [0.717, 1.165) is 16.4 Å². The van der Waals surface area contributed by atoms with Crippen molar-refractivity contribution < 1.29 is 18.4 Å². The molecule has 5 aromatic rings. The van der Waals surface area contributed by atoms with Crippen LogP contribution in [-0.2, 0) is 0 Å². The molecule has 0 aliphatic carbocycles. The zero-order valence-corrected chi connectivity index (χ0v) is 15.8. The first-order valence-corrected chi connectivity index (χ1v) is 9.66. The molecule has 6 nitrogen and oxygen atoms in total. The molecule has 5 rings (SSSR count). The lowest BCUT2D eigenvalue weighted by Crippen LogP contribution is -2.10. The van der Waals surface area contributed by atoms with Crippen LogP contribution in [0.5, 0.6) is 0 Å². The van der Waals surface area contributed by atoms with Gasteiger partial charge in [0.25, 0.3) is 11.8 Å². The van der Waals surface area contributed by atoms with Crippen molar-refractivity contribution in [3.05, 3.63) is 83.6 Å². The van der Waals surface area contributed by atoms with Crippen molar-refractivity contribution in [1.82, 2.24) is 0 Å². The molecule has 3 aromatic heterocycles. The summed E-state index contributed by atoms with van der Waals surface area (Å²) in [5, 5.41) is 8.18. The average Bonchev–Trinajstić information content (AvgIpc) is 3.47. The number of fused-ring (bicyclic) bond motifs is 3. The predicted octanol–water partition coefficient (Wildman–Crippen LogP) is 5.75. The summed E-state index contributed by atoms with van der Waals surface area (Å²) < 4.78 is 10.9. The van der Waals surface area contributed by atoms with Crippen LogP contribution in [-0.4, -0.2) is 11.8 Å². The zero-order valence-electron chi connectivity index (χ0n) is 15.0. The largest absolute Gasteiger partial charge is 0.459 e. The van der Waals surface area contributed by atoms with Gasteiger partial charge in [0.05, 0.1) is 16.1 Å². The van der Waals surface area contributed by atoms with Gasteiger partial charge in [-0.1, -0.05) is 18.2 Å². The fourth-order valence-corrected chi connectivity index (χ4v) is 3.90. The summed E-state index contributed by atoms with van der Waals surface area (Å²) in [5.74, 6) is -0.411. The lowest BCUT2D eigenvalue weighted by atomic mass is 10.1. The minimum absolute atomic E-state index is 0.212. The summed E-state index contributed by atoms with van der Waals surface area (Å²) in [4.78, 5) is 25.1. The van der Waals surface area contributed by atoms with Crippen molar-refractivity contribution in [1.29, 1.82) is 0 Å². The Hall–Kier alpha value is -3.84. The summed E-state index contributed by atoms with van der Waals surface area (Å²) in [7, 11) is 0. The number of thiophene rings is 1. The maximum Gasteiger partial charge on any atom is 0.291 e. The number of hydrogen-bond donors (Lipinski definition) is 2. The van der Waals surface area contributed by atoms with E-state index in [0.29, 0.717) is 21.1 Å². The monoisotopic (exact) mass is 402 g/mol. The first-order chi connectivity index (χ1) is 14.2. The van der Waals surface area contributed by atoms with E-state index < -0.39 is 0 Å². The Morgan fingerprint density at radius 3 is 2.52 bits per heavy atom. The minimum Gasteiger partial charge on any atom is -0.459 e. The molecule has 0 spiro atoms. The molecule has 0 aliphatic rings. The van der Waals surface area contributed by atoms with Crippen molar-refractivity contribution in [2.45, 2.75) is 0 Å². The molecule has 29 heavy (non-hydrogen) atoms. The average molecular weight is 402 g/mol. The van der Waals surface area contributed by atoms with Gasteiger partial charge < -0.3 is 19.5 Å². The quantitative estimate of drug-likeness (QED) is 0.401. The van der Waals surface area contributed by atoms with Crippen LogP contribution in [0, 0.1) is 0 Å². The van der Waals surface area contributed by atoms with Gasteiger partial charge in [-0.05, 0) is 42.5 Å². The Morgan fingerprint density at radius 2 is 1.66 bits per heavy atom. The van der Waals surface area contributed by atoms with Crippen molar-refractivity contribution >= 4 is 55.8 Å². The first kappa shape index (κ1) is 17.3. The standard InChI is InChI=1S/C22H14N2O4S/c25-21(17-6-3-11-27-17)24-20-10-9-19(29-20)22(26)23-13-7-8-15-14-4-1-2-5-16(14)28-18(15)12-13/h1-12H,(H,23,26)(H,24,25). The highest BCUT2D eigenvalue weighted by Crippen LogP contribution is 2.31. The van der Waals surface area contributed by atoms with Crippen LogP contribution in [0.15, 0.2) is 81.8 Å². The SMILES string of the molecule is O=C(Nc1ccc(C(=O)Nc2ccc3c(c2)oc2ccccc23)s1)c1ccco1. The fourth-order valence-electron chi connectivity index (χ4n) is 3.10. The lowest BCUT2D eigenvalue weighted by Gasteiger charge is -2.03. The van der Waals surface area contributed by atoms with Gasteiger partial charge in [0.15, 0.2) is 5.76 Å². The van der Waals surface area contributed by atoms with Crippen molar-refractivity contribution in [2.24, 2.45) is 0 Å². The fraction of sp³-hybridized carbons (Fsp3) is 0. The third-order valence-electron chi connectivity index (χ3n) is 4.45. The van der Waals surface area contributed by atoms with Gasteiger partial charge in [0.2, 0.25) is 0 Å². The Labute approximate surface area is 168 Å².